The van der Waals surface area contributed by atoms with Crippen LogP contribution in [-0.4, -0.2) is 48.2 Å². The van der Waals surface area contributed by atoms with Crippen molar-refractivity contribution in [2.24, 2.45) is 11.8 Å². The Balaban J connectivity index is 1.01. The van der Waals surface area contributed by atoms with Crippen molar-refractivity contribution in [3.05, 3.63) is 59.5 Å². The molecule has 6 rings (SSSR count). The summed E-state index contributed by atoms with van der Waals surface area (Å²) in [5.74, 6) is 1.36. The molecule has 1 saturated carbocycles. The predicted octanol–water partition coefficient (Wildman–Crippen LogP) is 5.11. The summed E-state index contributed by atoms with van der Waals surface area (Å²) in [5, 5.41) is 11.9. The number of hydrogen-bond acceptors (Lipinski definition) is 5. The van der Waals surface area contributed by atoms with E-state index in [4.69, 9.17) is 4.52 Å². The molecular weight excluding hydrogens is 455 g/mol. The molecule has 2 fully saturated rings. The maximum Gasteiger partial charge on any atom is 0.242 e. The van der Waals surface area contributed by atoms with Gasteiger partial charge in [0.25, 0.3) is 0 Å². The van der Waals surface area contributed by atoms with Crippen molar-refractivity contribution in [3.8, 4) is 0 Å². The molecular formula is C29H35FN4O2. The SMILES string of the molecule is O=C(NC[C@@H]1CCCC[C@H]1CN1CCC(c2noc3cc(F)ccc23)CC1)C1Cc2ccccc2N1. The van der Waals surface area contributed by atoms with Crippen LogP contribution in [0.2, 0.25) is 0 Å². The molecule has 2 aromatic carbocycles. The van der Waals surface area contributed by atoms with Crippen LogP contribution in [0.15, 0.2) is 47.0 Å². The summed E-state index contributed by atoms with van der Waals surface area (Å²) in [4.78, 5) is 15.5. The number of hydrogen-bond donors (Lipinski definition) is 2. The Hall–Kier alpha value is -2.93. The third-order valence-electron chi connectivity index (χ3n) is 8.62. The zero-order valence-corrected chi connectivity index (χ0v) is 20.7. The van der Waals surface area contributed by atoms with Crippen LogP contribution in [-0.2, 0) is 11.2 Å². The first-order valence-electron chi connectivity index (χ1n) is 13.5. The largest absolute Gasteiger partial charge is 0.373 e. The van der Waals surface area contributed by atoms with Gasteiger partial charge in [-0.3, -0.25) is 4.79 Å². The molecule has 1 aliphatic carbocycles. The number of rotatable bonds is 6. The summed E-state index contributed by atoms with van der Waals surface area (Å²) in [5.41, 5.74) is 3.83. The highest BCUT2D eigenvalue weighted by Crippen LogP contribution is 2.35. The fraction of sp³-hybridized carbons (Fsp3) is 0.517. The van der Waals surface area contributed by atoms with Crippen molar-refractivity contribution in [2.45, 2.75) is 56.9 Å². The van der Waals surface area contributed by atoms with Crippen molar-refractivity contribution >= 4 is 22.6 Å². The minimum atomic E-state index is -0.289. The van der Waals surface area contributed by atoms with E-state index >= 15 is 0 Å². The van der Waals surface area contributed by atoms with Gasteiger partial charge in [-0.05, 0) is 74.4 Å². The van der Waals surface area contributed by atoms with E-state index in [-0.39, 0.29) is 17.8 Å². The highest BCUT2D eigenvalue weighted by molar-refractivity contribution is 5.87. The Morgan fingerprint density at radius 3 is 2.72 bits per heavy atom. The Morgan fingerprint density at radius 2 is 1.89 bits per heavy atom. The van der Waals surface area contributed by atoms with E-state index in [0.29, 0.717) is 23.3 Å². The molecule has 190 valence electrons. The van der Waals surface area contributed by atoms with Crippen LogP contribution in [0.5, 0.6) is 0 Å². The van der Waals surface area contributed by atoms with Crippen molar-refractivity contribution in [1.29, 1.82) is 0 Å². The molecule has 0 radical (unpaired) electrons. The summed E-state index contributed by atoms with van der Waals surface area (Å²) < 4.78 is 18.9. The van der Waals surface area contributed by atoms with E-state index in [2.05, 4.69) is 26.8 Å². The van der Waals surface area contributed by atoms with E-state index in [9.17, 15) is 9.18 Å². The van der Waals surface area contributed by atoms with Crippen LogP contribution in [0.4, 0.5) is 10.1 Å². The number of fused-ring (bicyclic) bond motifs is 2. The Morgan fingerprint density at radius 1 is 1.08 bits per heavy atom. The van der Waals surface area contributed by atoms with Gasteiger partial charge in [-0.1, -0.05) is 36.2 Å². The molecule has 3 aromatic rings. The second-order valence-corrected chi connectivity index (χ2v) is 10.9. The van der Waals surface area contributed by atoms with Gasteiger partial charge < -0.3 is 20.1 Å². The zero-order chi connectivity index (χ0) is 24.5. The lowest BCUT2D eigenvalue weighted by Gasteiger charge is -2.38. The number of carbonyl (C=O) groups excluding carboxylic acids is 1. The lowest BCUT2D eigenvalue weighted by Crippen LogP contribution is -2.45. The van der Waals surface area contributed by atoms with Crippen LogP contribution in [0.1, 0.15) is 55.7 Å². The molecule has 2 aliphatic heterocycles. The number of aromatic nitrogens is 1. The van der Waals surface area contributed by atoms with Gasteiger partial charge in [0.2, 0.25) is 5.91 Å². The standard InChI is InChI=1S/C29H35FN4O2/c30-23-9-10-24-27(16-23)36-33-28(24)19-11-13-34(14-12-19)18-22-7-2-1-6-21(22)17-31-29(35)26-15-20-5-3-4-8-25(20)32-26/h3-5,8-10,16,19,21-22,26,32H,1-2,6-7,11-15,17-18H2,(H,31,35)/t21-,22-,26?/m0/s1. The Bertz CT molecular complexity index is 1190. The van der Waals surface area contributed by atoms with Gasteiger partial charge >= 0.3 is 0 Å². The number of nitrogens with zero attached hydrogens (tertiary/aromatic N) is 2. The molecule has 3 aliphatic rings. The van der Waals surface area contributed by atoms with Crippen molar-refractivity contribution in [2.75, 3.05) is 31.5 Å². The third-order valence-corrected chi connectivity index (χ3v) is 8.62. The highest BCUT2D eigenvalue weighted by Gasteiger charge is 2.32. The summed E-state index contributed by atoms with van der Waals surface area (Å²) in [6.07, 6.45) is 7.83. The molecule has 7 heteroatoms. The molecule has 1 unspecified atom stereocenters. The normalized spacial score (nSPS) is 25.0. The maximum absolute atomic E-state index is 13.5. The highest BCUT2D eigenvalue weighted by atomic mass is 19.1. The topological polar surface area (TPSA) is 70.4 Å². The van der Waals surface area contributed by atoms with E-state index in [1.54, 1.807) is 6.07 Å². The minimum absolute atomic E-state index is 0.121. The average molecular weight is 491 g/mol. The molecule has 3 heterocycles. The molecule has 0 bridgehead atoms. The second-order valence-electron chi connectivity index (χ2n) is 10.9. The van der Waals surface area contributed by atoms with Crippen LogP contribution in [0, 0.1) is 17.7 Å². The van der Waals surface area contributed by atoms with Crippen LogP contribution >= 0.6 is 0 Å². The lowest BCUT2D eigenvalue weighted by atomic mass is 9.78. The first-order valence-corrected chi connectivity index (χ1v) is 13.5. The van der Waals surface area contributed by atoms with E-state index in [1.807, 2.05) is 18.2 Å². The number of nitrogens with one attached hydrogen (secondary N) is 2. The molecule has 1 aromatic heterocycles. The summed E-state index contributed by atoms with van der Waals surface area (Å²) >= 11 is 0. The molecule has 1 amide bonds. The number of halogens is 1. The van der Waals surface area contributed by atoms with E-state index < -0.39 is 0 Å². The first-order chi connectivity index (χ1) is 17.6. The molecule has 3 atom stereocenters. The summed E-state index contributed by atoms with van der Waals surface area (Å²) in [6.45, 7) is 3.96. The molecule has 6 nitrogen and oxygen atoms in total. The Kier molecular flexibility index (Phi) is 6.65. The van der Waals surface area contributed by atoms with Crippen molar-refractivity contribution in [3.63, 3.8) is 0 Å². The van der Waals surface area contributed by atoms with Crippen LogP contribution in [0.25, 0.3) is 11.0 Å². The monoisotopic (exact) mass is 490 g/mol. The van der Waals surface area contributed by atoms with Gasteiger partial charge in [-0.2, -0.15) is 0 Å². The van der Waals surface area contributed by atoms with Gasteiger partial charge in [0.15, 0.2) is 5.58 Å². The van der Waals surface area contributed by atoms with Gasteiger partial charge in [0, 0.05) is 42.6 Å². The summed E-state index contributed by atoms with van der Waals surface area (Å²) in [6, 6.07) is 12.7. The first kappa shape index (κ1) is 23.5. The zero-order valence-electron chi connectivity index (χ0n) is 20.7. The summed E-state index contributed by atoms with van der Waals surface area (Å²) in [7, 11) is 0. The number of anilines is 1. The van der Waals surface area contributed by atoms with E-state index in [0.717, 1.165) is 62.2 Å². The van der Waals surface area contributed by atoms with Crippen molar-refractivity contribution < 1.29 is 13.7 Å². The van der Waals surface area contributed by atoms with Crippen molar-refractivity contribution in [1.82, 2.24) is 15.4 Å². The molecule has 36 heavy (non-hydrogen) atoms. The maximum atomic E-state index is 13.5. The number of amides is 1. The van der Waals surface area contributed by atoms with E-state index in [1.165, 1.54) is 43.4 Å². The van der Waals surface area contributed by atoms with Gasteiger partial charge in [0.05, 0.1) is 5.69 Å². The van der Waals surface area contributed by atoms with Crippen LogP contribution < -0.4 is 10.6 Å². The number of likely N-dealkylation sites (tertiary alicyclic amines) is 1. The molecule has 2 N–H and O–H groups in total. The van der Waals surface area contributed by atoms with Gasteiger partial charge in [-0.15, -0.1) is 0 Å². The fourth-order valence-corrected chi connectivity index (χ4v) is 6.55. The number of piperidine rings is 1. The smallest absolute Gasteiger partial charge is 0.242 e. The number of para-hydroxylation sites is 1. The van der Waals surface area contributed by atoms with Crippen LogP contribution in [0.3, 0.4) is 0 Å². The second kappa shape index (κ2) is 10.2. The fourth-order valence-electron chi connectivity index (χ4n) is 6.55. The van der Waals surface area contributed by atoms with Gasteiger partial charge in [-0.25, -0.2) is 4.39 Å². The lowest BCUT2D eigenvalue weighted by molar-refractivity contribution is -0.122. The molecule has 1 saturated heterocycles. The molecule has 0 spiro atoms. The third kappa shape index (κ3) is 4.85. The number of benzene rings is 2. The van der Waals surface area contributed by atoms with Gasteiger partial charge in [0.1, 0.15) is 11.9 Å². The predicted molar refractivity (Wildman–Crippen MR) is 138 cm³/mol. The Labute approximate surface area is 211 Å². The quantitative estimate of drug-likeness (QED) is 0.503. The number of carbonyl (C=O) groups is 1. The average Bonchev–Trinajstić information content (AvgIpc) is 3.53. The minimum Gasteiger partial charge on any atom is -0.373 e.